The number of hydrogen-bond acceptors (Lipinski definition) is 4. The minimum absolute atomic E-state index is 0.0632. The summed E-state index contributed by atoms with van der Waals surface area (Å²) in [5, 5.41) is 11.4. The van der Waals surface area contributed by atoms with Crippen LogP contribution < -0.4 is 4.74 Å². The zero-order valence-corrected chi connectivity index (χ0v) is 15.4. The Kier molecular flexibility index (Phi) is 5.84. The number of nitro benzene ring substituents is 1. The molecule has 0 atom stereocenters. The Labute approximate surface area is 162 Å². The van der Waals surface area contributed by atoms with Crippen LogP contribution in [-0.2, 0) is 6.61 Å². The molecule has 0 aliphatic rings. The lowest BCUT2D eigenvalue weighted by Crippen LogP contribution is -1.96. The van der Waals surface area contributed by atoms with E-state index in [0.29, 0.717) is 17.4 Å². The maximum absolute atomic E-state index is 10.7. The largest absolute Gasteiger partial charge is 0.489 e. The summed E-state index contributed by atoms with van der Waals surface area (Å²) in [6, 6.07) is 19.5. The Morgan fingerprint density at radius 2 is 1.85 bits per heavy atom. The maximum atomic E-state index is 10.7. The summed E-state index contributed by atoms with van der Waals surface area (Å²) >= 11 is 6.12. The highest BCUT2D eigenvalue weighted by atomic mass is 35.5. The van der Waals surface area contributed by atoms with Gasteiger partial charge in [-0.3, -0.25) is 15.1 Å². The first kappa shape index (κ1) is 18.6. The first-order valence-corrected chi connectivity index (χ1v) is 8.66. The zero-order valence-electron chi connectivity index (χ0n) is 14.6. The number of aliphatic imine (C=N–C) groups is 1. The van der Waals surface area contributed by atoms with Gasteiger partial charge >= 0.3 is 0 Å². The molecule has 0 aliphatic heterocycles. The molecule has 136 valence electrons. The van der Waals surface area contributed by atoms with E-state index in [0.717, 1.165) is 22.4 Å². The standard InChI is InChI=1S/C21H17ClN2O3/c1-15-20(22)6-3-7-21(15)23-13-17-4-2-5-19(12-17)27-14-16-8-10-18(11-9-16)24(25)26/h2-13H,14H2,1H3. The molecule has 0 amide bonds. The van der Waals surface area contributed by atoms with Crippen LogP contribution >= 0.6 is 11.6 Å². The van der Waals surface area contributed by atoms with Gasteiger partial charge in [-0.25, -0.2) is 0 Å². The van der Waals surface area contributed by atoms with Gasteiger partial charge < -0.3 is 4.74 Å². The predicted octanol–water partition coefficient (Wildman–Crippen LogP) is 5.89. The summed E-state index contributed by atoms with van der Waals surface area (Å²) in [5.74, 6) is 0.695. The van der Waals surface area contributed by atoms with Gasteiger partial charge in [-0.2, -0.15) is 0 Å². The molecule has 0 saturated heterocycles. The molecule has 0 N–H and O–H groups in total. The smallest absolute Gasteiger partial charge is 0.269 e. The van der Waals surface area contributed by atoms with Crippen LogP contribution in [0.3, 0.4) is 0 Å². The molecule has 3 rings (SSSR count). The van der Waals surface area contributed by atoms with Crippen LogP contribution in [0.15, 0.2) is 71.7 Å². The molecule has 3 aromatic carbocycles. The molecule has 0 aliphatic carbocycles. The number of hydrogen-bond donors (Lipinski definition) is 0. The molecule has 0 fully saturated rings. The van der Waals surface area contributed by atoms with E-state index in [1.807, 2.05) is 49.4 Å². The summed E-state index contributed by atoms with van der Waals surface area (Å²) in [6.07, 6.45) is 1.76. The summed E-state index contributed by atoms with van der Waals surface area (Å²) in [6.45, 7) is 2.25. The fourth-order valence-corrected chi connectivity index (χ4v) is 2.61. The van der Waals surface area contributed by atoms with Crippen molar-refractivity contribution in [2.24, 2.45) is 4.99 Å². The number of benzene rings is 3. The molecular formula is C21H17ClN2O3. The second kappa shape index (κ2) is 8.47. The lowest BCUT2D eigenvalue weighted by molar-refractivity contribution is -0.384. The van der Waals surface area contributed by atoms with Crippen molar-refractivity contribution >= 4 is 29.2 Å². The van der Waals surface area contributed by atoms with Crippen molar-refractivity contribution in [2.45, 2.75) is 13.5 Å². The number of ether oxygens (including phenoxy) is 1. The summed E-state index contributed by atoms with van der Waals surface area (Å²) in [4.78, 5) is 14.8. The second-order valence-electron chi connectivity index (χ2n) is 5.93. The second-order valence-corrected chi connectivity index (χ2v) is 6.33. The van der Waals surface area contributed by atoms with Crippen LogP contribution in [0.25, 0.3) is 0 Å². The van der Waals surface area contributed by atoms with E-state index < -0.39 is 4.92 Å². The fraction of sp³-hybridized carbons (Fsp3) is 0.0952. The molecule has 0 aromatic heterocycles. The minimum Gasteiger partial charge on any atom is -0.489 e. The first-order valence-electron chi connectivity index (χ1n) is 8.28. The number of halogens is 1. The molecule has 0 radical (unpaired) electrons. The van der Waals surface area contributed by atoms with Gasteiger partial charge in [-0.1, -0.05) is 29.8 Å². The van der Waals surface area contributed by atoms with Gasteiger partial charge in [0.25, 0.3) is 5.69 Å². The summed E-state index contributed by atoms with van der Waals surface area (Å²) < 4.78 is 5.78. The van der Waals surface area contributed by atoms with Crippen molar-refractivity contribution in [2.75, 3.05) is 0 Å². The SMILES string of the molecule is Cc1c(Cl)cccc1N=Cc1cccc(OCc2ccc([N+](=O)[O-])cc2)c1. The van der Waals surface area contributed by atoms with Crippen LogP contribution in [-0.4, -0.2) is 11.1 Å². The Morgan fingerprint density at radius 1 is 1.11 bits per heavy atom. The van der Waals surface area contributed by atoms with Crippen molar-refractivity contribution in [3.05, 3.63) is 98.6 Å². The average Bonchev–Trinajstić information content (AvgIpc) is 2.68. The van der Waals surface area contributed by atoms with E-state index in [1.54, 1.807) is 18.3 Å². The highest BCUT2D eigenvalue weighted by Crippen LogP contribution is 2.25. The van der Waals surface area contributed by atoms with Crippen LogP contribution in [0.4, 0.5) is 11.4 Å². The Morgan fingerprint density at radius 3 is 2.59 bits per heavy atom. The van der Waals surface area contributed by atoms with Gasteiger partial charge in [0.05, 0.1) is 10.6 Å². The lowest BCUT2D eigenvalue weighted by Gasteiger charge is -2.07. The number of rotatable bonds is 6. The van der Waals surface area contributed by atoms with Gasteiger partial charge in [0.1, 0.15) is 12.4 Å². The van der Waals surface area contributed by atoms with Crippen LogP contribution in [0, 0.1) is 17.0 Å². The van der Waals surface area contributed by atoms with E-state index in [9.17, 15) is 10.1 Å². The van der Waals surface area contributed by atoms with Crippen LogP contribution in [0.5, 0.6) is 5.75 Å². The molecule has 0 unspecified atom stereocenters. The number of nitro groups is 1. The van der Waals surface area contributed by atoms with Crippen molar-refractivity contribution < 1.29 is 9.66 Å². The molecule has 0 spiro atoms. The highest BCUT2D eigenvalue weighted by molar-refractivity contribution is 6.31. The molecule has 5 nitrogen and oxygen atoms in total. The third-order valence-corrected chi connectivity index (χ3v) is 4.41. The Hall–Kier alpha value is -3.18. The van der Waals surface area contributed by atoms with E-state index in [1.165, 1.54) is 12.1 Å². The van der Waals surface area contributed by atoms with Gasteiger partial charge in [-0.15, -0.1) is 0 Å². The van der Waals surface area contributed by atoms with Crippen molar-refractivity contribution in [3.8, 4) is 5.75 Å². The Bertz CT molecular complexity index is 985. The molecule has 6 heteroatoms. The molecular weight excluding hydrogens is 364 g/mol. The van der Waals surface area contributed by atoms with Crippen molar-refractivity contribution in [3.63, 3.8) is 0 Å². The molecule has 0 saturated carbocycles. The van der Waals surface area contributed by atoms with Gasteiger partial charge in [0.15, 0.2) is 0 Å². The van der Waals surface area contributed by atoms with Gasteiger partial charge in [-0.05, 0) is 60.0 Å². The lowest BCUT2D eigenvalue weighted by atomic mass is 10.2. The van der Waals surface area contributed by atoms with E-state index in [2.05, 4.69) is 4.99 Å². The highest BCUT2D eigenvalue weighted by Gasteiger charge is 2.04. The summed E-state index contributed by atoms with van der Waals surface area (Å²) in [5.41, 5.74) is 3.57. The topological polar surface area (TPSA) is 64.7 Å². The van der Waals surface area contributed by atoms with Crippen LogP contribution in [0.2, 0.25) is 5.02 Å². The molecule has 0 bridgehead atoms. The van der Waals surface area contributed by atoms with Crippen LogP contribution in [0.1, 0.15) is 16.7 Å². The maximum Gasteiger partial charge on any atom is 0.269 e. The monoisotopic (exact) mass is 380 g/mol. The van der Waals surface area contributed by atoms with E-state index >= 15 is 0 Å². The first-order chi connectivity index (χ1) is 13.0. The third kappa shape index (κ3) is 4.92. The zero-order chi connectivity index (χ0) is 19.2. The molecule has 3 aromatic rings. The third-order valence-electron chi connectivity index (χ3n) is 4.00. The van der Waals surface area contributed by atoms with E-state index in [4.69, 9.17) is 16.3 Å². The average molecular weight is 381 g/mol. The van der Waals surface area contributed by atoms with Gasteiger partial charge in [0, 0.05) is 23.4 Å². The van der Waals surface area contributed by atoms with Gasteiger partial charge in [0.2, 0.25) is 0 Å². The number of non-ortho nitro benzene ring substituents is 1. The molecule has 0 heterocycles. The Balaban J connectivity index is 1.67. The van der Waals surface area contributed by atoms with Crippen molar-refractivity contribution in [1.82, 2.24) is 0 Å². The number of nitrogens with zero attached hydrogens (tertiary/aromatic N) is 2. The summed E-state index contributed by atoms with van der Waals surface area (Å²) in [7, 11) is 0. The quantitative estimate of drug-likeness (QED) is 0.304. The van der Waals surface area contributed by atoms with E-state index in [-0.39, 0.29) is 5.69 Å². The van der Waals surface area contributed by atoms with Crippen molar-refractivity contribution in [1.29, 1.82) is 0 Å². The molecule has 27 heavy (non-hydrogen) atoms. The minimum atomic E-state index is -0.422. The normalized spacial score (nSPS) is 10.9. The predicted molar refractivity (Wildman–Crippen MR) is 107 cm³/mol. The fourth-order valence-electron chi connectivity index (χ4n) is 2.45.